The number of aliphatic hydroxyl groups excluding tert-OH is 1. The van der Waals surface area contributed by atoms with Crippen LogP contribution in [0.4, 0.5) is 4.79 Å². The van der Waals surface area contributed by atoms with E-state index in [0.717, 1.165) is 24.2 Å². The van der Waals surface area contributed by atoms with Crippen LogP contribution < -0.4 is 10.1 Å². The number of rotatable bonds is 7. The Hall–Kier alpha value is -1.75. The first-order valence-electron chi connectivity index (χ1n) is 7.65. The highest BCUT2D eigenvalue weighted by Gasteiger charge is 2.18. The van der Waals surface area contributed by atoms with Gasteiger partial charge in [-0.25, -0.2) is 4.79 Å². The van der Waals surface area contributed by atoms with E-state index in [2.05, 4.69) is 5.32 Å². The smallest absolute Gasteiger partial charge is 0.408 e. The molecule has 22 heavy (non-hydrogen) atoms. The third-order valence-corrected chi connectivity index (χ3v) is 2.91. The number of nitrogens with one attached hydrogen (secondary N) is 1. The molecule has 0 unspecified atom stereocenters. The largest absolute Gasteiger partial charge is 0.494 e. The van der Waals surface area contributed by atoms with Gasteiger partial charge in [-0.1, -0.05) is 12.1 Å². The molecule has 0 spiro atoms. The van der Waals surface area contributed by atoms with Crippen LogP contribution in [0.2, 0.25) is 0 Å². The van der Waals surface area contributed by atoms with Crippen LogP contribution >= 0.6 is 0 Å². The molecule has 1 atom stereocenters. The Balaban J connectivity index is 2.54. The van der Waals surface area contributed by atoms with Crippen molar-refractivity contribution in [1.29, 1.82) is 0 Å². The fourth-order valence-electron chi connectivity index (χ4n) is 1.85. The van der Waals surface area contributed by atoms with Crippen LogP contribution in [-0.4, -0.2) is 30.0 Å². The number of hydrogen-bond donors (Lipinski definition) is 2. The molecule has 0 bridgehead atoms. The molecule has 0 saturated heterocycles. The highest BCUT2D eigenvalue weighted by molar-refractivity contribution is 5.68. The van der Waals surface area contributed by atoms with Crippen molar-refractivity contribution in [2.24, 2.45) is 0 Å². The van der Waals surface area contributed by atoms with Gasteiger partial charge in [0.1, 0.15) is 11.4 Å². The first kappa shape index (κ1) is 18.3. The lowest BCUT2D eigenvalue weighted by atomic mass is 10.1. The summed E-state index contributed by atoms with van der Waals surface area (Å²) in [4.78, 5) is 11.8. The maximum absolute atomic E-state index is 11.8. The van der Waals surface area contributed by atoms with E-state index < -0.39 is 11.7 Å². The second kappa shape index (κ2) is 8.63. The first-order chi connectivity index (χ1) is 10.3. The summed E-state index contributed by atoms with van der Waals surface area (Å²) < 4.78 is 10.9. The van der Waals surface area contributed by atoms with Crippen LogP contribution in [0, 0.1) is 0 Å². The predicted octanol–water partition coefficient (Wildman–Crippen LogP) is 3.42. The van der Waals surface area contributed by atoms with Crippen molar-refractivity contribution in [2.45, 2.75) is 52.2 Å². The Morgan fingerprint density at radius 1 is 1.32 bits per heavy atom. The lowest BCUT2D eigenvalue weighted by Crippen LogP contribution is -2.34. The van der Waals surface area contributed by atoms with Crippen molar-refractivity contribution >= 4 is 6.09 Å². The molecule has 1 aromatic rings. The number of carbonyl (C=O) groups is 1. The molecule has 124 valence electrons. The Bertz CT molecular complexity index is 468. The van der Waals surface area contributed by atoms with E-state index in [9.17, 15) is 4.79 Å². The third-order valence-electron chi connectivity index (χ3n) is 2.91. The number of ether oxygens (including phenoxy) is 2. The minimum absolute atomic E-state index is 0.171. The predicted molar refractivity (Wildman–Crippen MR) is 86.0 cm³/mol. The molecule has 5 nitrogen and oxygen atoms in total. The lowest BCUT2D eigenvalue weighted by molar-refractivity contribution is 0.0508. The number of unbranched alkanes of at least 4 members (excludes halogenated alkanes) is 1. The molecule has 0 heterocycles. The van der Waals surface area contributed by atoms with Gasteiger partial charge >= 0.3 is 6.09 Å². The second-order valence-electron chi connectivity index (χ2n) is 6.22. The van der Waals surface area contributed by atoms with Gasteiger partial charge in [0.2, 0.25) is 0 Å². The molecular formula is C17H27NO4. The first-order valence-corrected chi connectivity index (χ1v) is 7.65. The lowest BCUT2D eigenvalue weighted by Gasteiger charge is -2.22. The number of aliphatic hydroxyl groups is 1. The summed E-state index contributed by atoms with van der Waals surface area (Å²) in [5.74, 6) is 0.758. The Morgan fingerprint density at radius 3 is 2.68 bits per heavy atom. The molecule has 1 aromatic carbocycles. The van der Waals surface area contributed by atoms with Crippen molar-refractivity contribution in [2.75, 3.05) is 13.2 Å². The molecule has 0 radical (unpaired) electrons. The number of hydrogen-bond acceptors (Lipinski definition) is 4. The molecule has 2 N–H and O–H groups in total. The molecular weight excluding hydrogens is 282 g/mol. The number of benzene rings is 1. The van der Waals surface area contributed by atoms with Crippen LogP contribution in [0.3, 0.4) is 0 Å². The maximum atomic E-state index is 11.8. The number of amides is 1. The monoisotopic (exact) mass is 309 g/mol. The normalized spacial score (nSPS) is 12.6. The zero-order chi connectivity index (χ0) is 16.6. The third kappa shape index (κ3) is 7.31. The summed E-state index contributed by atoms with van der Waals surface area (Å²) in [5.41, 5.74) is 0.437. The second-order valence-corrected chi connectivity index (χ2v) is 6.22. The van der Waals surface area contributed by atoms with Gasteiger partial charge in [-0.2, -0.15) is 0 Å². The summed E-state index contributed by atoms with van der Waals surface area (Å²) in [6.45, 7) is 8.14. The van der Waals surface area contributed by atoms with Crippen molar-refractivity contribution in [1.82, 2.24) is 5.32 Å². The Morgan fingerprint density at radius 2 is 2.05 bits per heavy atom. The van der Waals surface area contributed by atoms with Gasteiger partial charge in [0.25, 0.3) is 0 Å². The fourth-order valence-corrected chi connectivity index (χ4v) is 1.85. The molecule has 5 heteroatoms. The van der Waals surface area contributed by atoms with Gasteiger partial charge in [0.15, 0.2) is 0 Å². The summed E-state index contributed by atoms with van der Waals surface area (Å²) in [6.07, 6.45) is 1.11. The molecule has 1 amide bonds. The standard InChI is InChI=1S/C17H27NO4/c1-13(18-16(20)22-17(2,3)4)14-8-7-9-15(12-14)21-11-6-5-10-19/h7-9,12-13,19H,5-6,10-11H2,1-4H3,(H,18,20)/t13-/m1/s1. The van der Waals surface area contributed by atoms with Gasteiger partial charge in [-0.05, 0) is 58.2 Å². The van der Waals surface area contributed by atoms with E-state index in [1.165, 1.54) is 0 Å². The topological polar surface area (TPSA) is 67.8 Å². The van der Waals surface area contributed by atoms with Crippen molar-refractivity contribution < 1.29 is 19.4 Å². The molecule has 0 aliphatic carbocycles. The zero-order valence-corrected chi connectivity index (χ0v) is 13.9. The van der Waals surface area contributed by atoms with Gasteiger partial charge in [0, 0.05) is 6.61 Å². The van der Waals surface area contributed by atoms with Crippen molar-refractivity contribution in [3.63, 3.8) is 0 Å². The maximum Gasteiger partial charge on any atom is 0.408 e. The minimum Gasteiger partial charge on any atom is -0.494 e. The quantitative estimate of drug-likeness (QED) is 0.757. The van der Waals surface area contributed by atoms with Gasteiger partial charge in [-0.15, -0.1) is 0 Å². The number of alkyl carbamates (subject to hydrolysis) is 1. The van der Waals surface area contributed by atoms with Gasteiger partial charge in [-0.3, -0.25) is 0 Å². The van der Waals surface area contributed by atoms with E-state index in [-0.39, 0.29) is 12.6 Å². The molecule has 1 rings (SSSR count). The van der Waals surface area contributed by atoms with E-state index >= 15 is 0 Å². The van der Waals surface area contributed by atoms with E-state index in [1.54, 1.807) is 0 Å². The van der Waals surface area contributed by atoms with E-state index in [4.69, 9.17) is 14.6 Å². The minimum atomic E-state index is -0.512. The van der Waals surface area contributed by atoms with Crippen molar-refractivity contribution in [3.05, 3.63) is 29.8 Å². The van der Waals surface area contributed by atoms with Gasteiger partial charge < -0.3 is 19.9 Å². The van der Waals surface area contributed by atoms with Crippen LogP contribution in [0.25, 0.3) is 0 Å². The van der Waals surface area contributed by atoms with Crippen LogP contribution in [0.1, 0.15) is 52.1 Å². The average molecular weight is 309 g/mol. The van der Waals surface area contributed by atoms with Gasteiger partial charge in [0.05, 0.1) is 12.6 Å². The number of carbonyl (C=O) groups excluding carboxylic acids is 1. The SMILES string of the molecule is C[C@@H](NC(=O)OC(C)(C)C)c1cccc(OCCCCO)c1. The summed E-state index contributed by atoms with van der Waals surface area (Å²) in [5, 5.41) is 11.5. The highest BCUT2D eigenvalue weighted by Crippen LogP contribution is 2.20. The molecule has 0 aliphatic rings. The zero-order valence-electron chi connectivity index (χ0n) is 13.9. The Kier molecular flexibility index (Phi) is 7.18. The molecule has 0 aromatic heterocycles. The summed E-state index contributed by atoms with van der Waals surface area (Å²) in [7, 11) is 0. The van der Waals surface area contributed by atoms with Crippen molar-refractivity contribution in [3.8, 4) is 5.75 Å². The van der Waals surface area contributed by atoms with E-state index in [0.29, 0.717) is 6.61 Å². The fraction of sp³-hybridized carbons (Fsp3) is 0.588. The highest BCUT2D eigenvalue weighted by atomic mass is 16.6. The Labute approximate surface area is 132 Å². The summed E-state index contributed by atoms with van der Waals surface area (Å²) in [6, 6.07) is 7.44. The molecule has 0 aliphatic heterocycles. The van der Waals surface area contributed by atoms with Crippen LogP contribution in [-0.2, 0) is 4.74 Å². The molecule has 0 fully saturated rings. The summed E-state index contributed by atoms with van der Waals surface area (Å²) >= 11 is 0. The average Bonchev–Trinajstić information content (AvgIpc) is 2.42. The van der Waals surface area contributed by atoms with Crippen LogP contribution in [0.5, 0.6) is 5.75 Å². The van der Waals surface area contributed by atoms with E-state index in [1.807, 2.05) is 52.0 Å². The van der Waals surface area contributed by atoms with Crippen LogP contribution in [0.15, 0.2) is 24.3 Å². The molecule has 0 saturated carbocycles.